The van der Waals surface area contributed by atoms with Crippen molar-refractivity contribution in [2.24, 2.45) is 0 Å². The summed E-state index contributed by atoms with van der Waals surface area (Å²) >= 11 is 3.14. The first-order chi connectivity index (χ1) is 15.7. The number of aromatic nitrogens is 2. The van der Waals surface area contributed by atoms with Gasteiger partial charge in [-0.25, -0.2) is 4.98 Å². The van der Waals surface area contributed by atoms with Gasteiger partial charge in [0.1, 0.15) is 0 Å². The van der Waals surface area contributed by atoms with Crippen molar-refractivity contribution < 1.29 is 4.79 Å². The van der Waals surface area contributed by atoms with Crippen LogP contribution in [0.15, 0.2) is 92.5 Å². The molecule has 4 aromatic rings. The number of carbonyl (C=O) groups excluding carboxylic acids is 1. The van der Waals surface area contributed by atoms with E-state index in [2.05, 4.69) is 4.98 Å². The van der Waals surface area contributed by atoms with Crippen LogP contribution in [0.3, 0.4) is 0 Å². The number of fused-ring (bicyclic) bond motifs is 3. The second-order valence-electron chi connectivity index (χ2n) is 7.33. The number of nitrogens with zero attached hydrogens (tertiary/aromatic N) is 3. The van der Waals surface area contributed by atoms with E-state index in [1.807, 2.05) is 78.6 Å². The van der Waals surface area contributed by atoms with E-state index in [1.54, 1.807) is 22.4 Å². The van der Waals surface area contributed by atoms with E-state index in [0.29, 0.717) is 34.8 Å². The van der Waals surface area contributed by atoms with Crippen molar-refractivity contribution in [3.63, 3.8) is 0 Å². The van der Waals surface area contributed by atoms with Gasteiger partial charge < -0.3 is 0 Å². The van der Waals surface area contributed by atoms with Crippen LogP contribution in [-0.4, -0.2) is 21.2 Å². The Morgan fingerprint density at radius 3 is 2.25 bits per heavy atom. The van der Waals surface area contributed by atoms with Crippen molar-refractivity contribution in [3.05, 3.63) is 83.2 Å². The smallest absolute Gasteiger partial charge is 0.262 e. The molecular formula is C25H21N3O2S2. The minimum Gasteiger partial charge on any atom is -0.287 e. The highest BCUT2D eigenvalue weighted by atomic mass is 32.2. The quantitative estimate of drug-likeness (QED) is 0.282. The maximum atomic E-state index is 13.4. The fourth-order valence-electron chi connectivity index (χ4n) is 3.85. The van der Waals surface area contributed by atoms with Crippen LogP contribution >= 0.6 is 23.5 Å². The molecule has 0 saturated carbocycles. The summed E-state index contributed by atoms with van der Waals surface area (Å²) in [6.45, 7) is 2.48. The van der Waals surface area contributed by atoms with Gasteiger partial charge in [0.25, 0.3) is 5.56 Å². The number of rotatable bonds is 5. The monoisotopic (exact) mass is 459 g/mol. The van der Waals surface area contributed by atoms with Gasteiger partial charge in [0.2, 0.25) is 5.91 Å². The molecule has 0 saturated heterocycles. The summed E-state index contributed by atoms with van der Waals surface area (Å²) in [5, 5.41) is 1.27. The Hall–Kier alpha value is -3.03. The molecule has 0 fully saturated rings. The standard InChI is InChI=1S/C25H21N3O2S2/c1-2-27-24(30)17-9-3-4-10-18(17)26-25(27)31-16-15-23(29)28-19-11-5-7-13-21(19)32-22-14-8-6-12-20(22)28/h3-14H,2,15-16H2,1H3. The van der Waals surface area contributed by atoms with Crippen LogP contribution in [0.5, 0.6) is 0 Å². The first-order valence-electron chi connectivity index (χ1n) is 10.5. The Balaban J connectivity index is 1.39. The molecule has 1 aliphatic rings. The molecule has 3 aromatic carbocycles. The van der Waals surface area contributed by atoms with Crippen molar-refractivity contribution in [1.82, 2.24) is 9.55 Å². The molecule has 0 radical (unpaired) electrons. The molecule has 32 heavy (non-hydrogen) atoms. The summed E-state index contributed by atoms with van der Waals surface area (Å²) in [5.74, 6) is 0.571. The third-order valence-electron chi connectivity index (χ3n) is 5.37. The Labute approximate surface area is 194 Å². The summed E-state index contributed by atoms with van der Waals surface area (Å²) < 4.78 is 1.68. The predicted octanol–water partition coefficient (Wildman–Crippen LogP) is 5.73. The maximum Gasteiger partial charge on any atom is 0.262 e. The van der Waals surface area contributed by atoms with Crippen LogP contribution < -0.4 is 10.5 Å². The average Bonchev–Trinajstić information content (AvgIpc) is 2.82. The number of hydrogen-bond donors (Lipinski definition) is 0. The molecule has 1 amide bonds. The molecule has 0 bridgehead atoms. The fourth-order valence-corrected chi connectivity index (χ4v) is 5.90. The molecule has 5 rings (SSSR count). The van der Waals surface area contributed by atoms with Crippen molar-refractivity contribution in [3.8, 4) is 0 Å². The van der Waals surface area contributed by atoms with Crippen molar-refractivity contribution >= 4 is 51.7 Å². The van der Waals surface area contributed by atoms with Gasteiger partial charge in [-0.2, -0.15) is 0 Å². The molecule has 1 aliphatic heterocycles. The van der Waals surface area contributed by atoms with Crippen molar-refractivity contribution in [2.75, 3.05) is 10.7 Å². The van der Waals surface area contributed by atoms with Crippen LogP contribution in [0.2, 0.25) is 0 Å². The van der Waals surface area contributed by atoms with Gasteiger partial charge in [-0.3, -0.25) is 19.1 Å². The number of amides is 1. The summed E-state index contributed by atoms with van der Waals surface area (Å²) in [4.78, 5) is 34.8. The third kappa shape index (κ3) is 3.72. The molecule has 0 aliphatic carbocycles. The minimum atomic E-state index is -0.0390. The van der Waals surface area contributed by atoms with E-state index in [0.717, 1.165) is 21.2 Å². The van der Waals surface area contributed by atoms with E-state index >= 15 is 0 Å². The molecular weight excluding hydrogens is 438 g/mol. The molecule has 0 N–H and O–H groups in total. The van der Waals surface area contributed by atoms with Gasteiger partial charge >= 0.3 is 0 Å². The lowest BCUT2D eigenvalue weighted by Crippen LogP contribution is -2.28. The largest absolute Gasteiger partial charge is 0.287 e. The zero-order chi connectivity index (χ0) is 22.1. The number of carbonyl (C=O) groups is 1. The van der Waals surface area contributed by atoms with Crippen molar-refractivity contribution in [1.29, 1.82) is 0 Å². The number of thioether (sulfide) groups is 1. The average molecular weight is 460 g/mol. The number of hydrogen-bond acceptors (Lipinski definition) is 5. The Kier molecular flexibility index (Phi) is 5.76. The molecule has 7 heteroatoms. The molecule has 5 nitrogen and oxygen atoms in total. The fraction of sp³-hybridized carbons (Fsp3) is 0.160. The molecule has 0 spiro atoms. The minimum absolute atomic E-state index is 0.0314. The second-order valence-corrected chi connectivity index (χ2v) is 9.47. The van der Waals surface area contributed by atoms with Crippen LogP contribution in [-0.2, 0) is 11.3 Å². The second kappa shape index (κ2) is 8.84. The summed E-state index contributed by atoms with van der Waals surface area (Å²) in [7, 11) is 0. The van der Waals surface area contributed by atoms with Gasteiger partial charge in [-0.15, -0.1) is 0 Å². The number of para-hydroxylation sites is 3. The highest BCUT2D eigenvalue weighted by molar-refractivity contribution is 7.99. The first kappa shape index (κ1) is 20.8. The molecule has 160 valence electrons. The van der Waals surface area contributed by atoms with Crippen LogP contribution in [0.25, 0.3) is 10.9 Å². The van der Waals surface area contributed by atoms with Gasteiger partial charge in [-0.1, -0.05) is 59.9 Å². The highest BCUT2D eigenvalue weighted by Gasteiger charge is 2.27. The van der Waals surface area contributed by atoms with E-state index in [4.69, 9.17) is 0 Å². The molecule has 0 atom stereocenters. The SMILES string of the molecule is CCn1c(SCCC(=O)N2c3ccccc3Sc3ccccc32)nc2ccccc2c1=O. The zero-order valence-electron chi connectivity index (χ0n) is 17.5. The van der Waals surface area contributed by atoms with E-state index in [9.17, 15) is 9.59 Å². The Morgan fingerprint density at radius 1 is 0.938 bits per heavy atom. The van der Waals surface area contributed by atoms with Gasteiger partial charge in [0.05, 0.1) is 22.3 Å². The third-order valence-corrected chi connectivity index (χ3v) is 7.48. The summed E-state index contributed by atoms with van der Waals surface area (Å²) in [6, 6.07) is 23.4. The zero-order valence-corrected chi connectivity index (χ0v) is 19.2. The molecule has 0 unspecified atom stereocenters. The van der Waals surface area contributed by atoms with Gasteiger partial charge in [0, 0.05) is 28.5 Å². The summed E-state index contributed by atoms with van der Waals surface area (Å²) in [5.41, 5.74) is 2.48. The Bertz CT molecular complexity index is 1340. The number of anilines is 2. The van der Waals surface area contributed by atoms with Gasteiger partial charge in [0.15, 0.2) is 5.16 Å². The lowest BCUT2D eigenvalue weighted by molar-refractivity contribution is -0.117. The van der Waals surface area contributed by atoms with Crippen LogP contribution in [0.4, 0.5) is 11.4 Å². The molecule has 1 aromatic heterocycles. The predicted molar refractivity (Wildman–Crippen MR) is 131 cm³/mol. The Morgan fingerprint density at radius 2 is 1.56 bits per heavy atom. The van der Waals surface area contributed by atoms with Crippen molar-refractivity contribution in [2.45, 2.75) is 34.8 Å². The summed E-state index contributed by atoms with van der Waals surface area (Å²) in [6.07, 6.45) is 0.338. The van der Waals surface area contributed by atoms with Gasteiger partial charge in [-0.05, 0) is 43.3 Å². The maximum absolute atomic E-state index is 13.4. The normalized spacial score (nSPS) is 12.5. The lowest BCUT2D eigenvalue weighted by atomic mass is 10.2. The number of benzene rings is 3. The van der Waals surface area contributed by atoms with E-state index in [-0.39, 0.29) is 11.5 Å². The lowest BCUT2D eigenvalue weighted by Gasteiger charge is -2.31. The first-order valence-corrected chi connectivity index (χ1v) is 12.3. The van der Waals surface area contributed by atoms with E-state index < -0.39 is 0 Å². The van der Waals surface area contributed by atoms with Crippen LogP contribution in [0.1, 0.15) is 13.3 Å². The molecule has 2 heterocycles. The highest BCUT2D eigenvalue weighted by Crippen LogP contribution is 2.48. The van der Waals surface area contributed by atoms with E-state index in [1.165, 1.54) is 11.8 Å². The van der Waals surface area contributed by atoms with Crippen LogP contribution in [0, 0.1) is 0 Å². The topological polar surface area (TPSA) is 55.2 Å².